The average molecular weight is 384 g/mol. The van der Waals surface area contributed by atoms with Crippen molar-refractivity contribution in [3.8, 4) is 22.3 Å². The molecular weight excluding hydrogens is 362 g/mol. The Morgan fingerprint density at radius 3 is 2.36 bits per heavy atom. The molecule has 3 heteroatoms. The first-order chi connectivity index (χ1) is 13.7. The molecule has 0 atom stereocenters. The highest BCUT2D eigenvalue weighted by Gasteiger charge is 2.08. The van der Waals surface area contributed by atoms with E-state index in [0.29, 0.717) is 12.8 Å². The van der Waals surface area contributed by atoms with Crippen LogP contribution < -0.4 is 0 Å². The van der Waals surface area contributed by atoms with E-state index < -0.39 is 0 Å². The van der Waals surface area contributed by atoms with Crippen molar-refractivity contribution in [2.24, 2.45) is 0 Å². The number of benzene rings is 2. The van der Waals surface area contributed by atoms with E-state index in [4.69, 9.17) is 0 Å². The van der Waals surface area contributed by atoms with Gasteiger partial charge < -0.3 is 0 Å². The molecule has 0 spiro atoms. The van der Waals surface area contributed by atoms with Gasteiger partial charge in [0.15, 0.2) is 0 Å². The van der Waals surface area contributed by atoms with Gasteiger partial charge in [0.05, 0.1) is 0 Å². The molecule has 0 radical (unpaired) electrons. The van der Waals surface area contributed by atoms with Crippen LogP contribution in [0.1, 0.15) is 16.8 Å². The normalized spacial score (nSPS) is 10.8. The second-order valence-corrected chi connectivity index (χ2v) is 7.77. The summed E-state index contributed by atoms with van der Waals surface area (Å²) in [5, 5.41) is 4.21. The van der Waals surface area contributed by atoms with E-state index in [-0.39, 0.29) is 5.78 Å². The highest BCUT2D eigenvalue weighted by molar-refractivity contribution is 7.08. The lowest BCUT2D eigenvalue weighted by molar-refractivity contribution is -0.117. The molecule has 4 aromatic rings. The number of rotatable bonds is 6. The van der Waals surface area contributed by atoms with E-state index in [9.17, 15) is 4.79 Å². The Morgan fingerprint density at radius 2 is 1.61 bits per heavy atom. The van der Waals surface area contributed by atoms with Gasteiger partial charge >= 0.3 is 0 Å². The highest BCUT2D eigenvalue weighted by atomic mass is 32.1. The quantitative estimate of drug-likeness (QED) is 0.400. The van der Waals surface area contributed by atoms with Gasteiger partial charge in [-0.1, -0.05) is 48.5 Å². The minimum absolute atomic E-state index is 0.231. The van der Waals surface area contributed by atoms with Gasteiger partial charge in [0.2, 0.25) is 0 Å². The topological polar surface area (TPSA) is 30.0 Å². The summed E-state index contributed by atoms with van der Waals surface area (Å²) < 4.78 is 0. The van der Waals surface area contributed by atoms with Gasteiger partial charge in [0, 0.05) is 24.7 Å². The molecule has 0 amide bonds. The van der Waals surface area contributed by atoms with E-state index >= 15 is 0 Å². The fourth-order valence-corrected chi connectivity index (χ4v) is 4.01. The predicted molar refractivity (Wildman–Crippen MR) is 117 cm³/mol. The van der Waals surface area contributed by atoms with Crippen molar-refractivity contribution >= 4 is 17.1 Å². The first kappa shape index (κ1) is 18.3. The zero-order valence-electron chi connectivity index (χ0n) is 15.8. The standard InChI is InChI=1S/C25H21NOS/c1-18-13-23(9-11-26-18)21-7-5-19(6-8-21)15-25(27)16-20-3-2-4-22(14-20)24-10-12-28-17-24/h2-14,17H,15-16H2,1H3. The number of Topliss-reactive ketones (excluding diaryl/α,β-unsaturated/α-hetero) is 1. The molecule has 0 N–H and O–H groups in total. The van der Waals surface area contributed by atoms with Crippen LogP contribution in [0.3, 0.4) is 0 Å². The Kier molecular flexibility index (Phi) is 5.45. The highest BCUT2D eigenvalue weighted by Crippen LogP contribution is 2.24. The molecule has 138 valence electrons. The van der Waals surface area contributed by atoms with Crippen molar-refractivity contribution in [3.05, 3.63) is 101 Å². The minimum atomic E-state index is 0.231. The molecule has 2 aromatic carbocycles. The number of pyridine rings is 1. The van der Waals surface area contributed by atoms with Gasteiger partial charge in [0.25, 0.3) is 0 Å². The number of carbonyl (C=O) groups excluding carboxylic acids is 1. The van der Waals surface area contributed by atoms with E-state index in [1.165, 1.54) is 11.1 Å². The lowest BCUT2D eigenvalue weighted by Gasteiger charge is -2.06. The van der Waals surface area contributed by atoms with E-state index in [1.807, 2.05) is 43.5 Å². The summed E-state index contributed by atoms with van der Waals surface area (Å²) >= 11 is 1.69. The number of hydrogen-bond acceptors (Lipinski definition) is 3. The number of aryl methyl sites for hydroxylation is 1. The molecule has 0 saturated heterocycles. The fraction of sp³-hybridized carbons (Fsp3) is 0.120. The first-order valence-electron chi connectivity index (χ1n) is 9.32. The minimum Gasteiger partial charge on any atom is -0.299 e. The van der Waals surface area contributed by atoms with Gasteiger partial charge in [-0.05, 0) is 69.3 Å². The summed E-state index contributed by atoms with van der Waals surface area (Å²) in [4.78, 5) is 16.8. The van der Waals surface area contributed by atoms with Crippen LogP contribution in [0, 0.1) is 6.92 Å². The first-order valence-corrected chi connectivity index (χ1v) is 10.3. The molecule has 4 rings (SSSR count). The second-order valence-electron chi connectivity index (χ2n) is 6.99. The number of carbonyl (C=O) groups is 1. The Balaban J connectivity index is 1.42. The molecular formula is C25H21NOS. The van der Waals surface area contributed by atoms with E-state index in [1.54, 1.807) is 11.3 Å². The van der Waals surface area contributed by atoms with Gasteiger partial charge in [-0.25, -0.2) is 0 Å². The van der Waals surface area contributed by atoms with Crippen LogP contribution in [0.15, 0.2) is 83.7 Å². The van der Waals surface area contributed by atoms with Crippen LogP contribution in [0.2, 0.25) is 0 Å². The van der Waals surface area contributed by atoms with Crippen molar-refractivity contribution in [3.63, 3.8) is 0 Å². The zero-order chi connectivity index (χ0) is 19.3. The Morgan fingerprint density at radius 1 is 0.821 bits per heavy atom. The molecule has 0 bridgehead atoms. The van der Waals surface area contributed by atoms with Crippen molar-refractivity contribution in [1.29, 1.82) is 0 Å². The maximum atomic E-state index is 12.6. The van der Waals surface area contributed by atoms with Crippen LogP contribution in [0.5, 0.6) is 0 Å². The number of aromatic nitrogens is 1. The van der Waals surface area contributed by atoms with Crippen LogP contribution in [0.4, 0.5) is 0 Å². The second kappa shape index (κ2) is 8.32. The van der Waals surface area contributed by atoms with Crippen molar-refractivity contribution < 1.29 is 4.79 Å². The number of hydrogen-bond donors (Lipinski definition) is 0. The van der Waals surface area contributed by atoms with Gasteiger partial charge in [-0.2, -0.15) is 11.3 Å². The third-order valence-corrected chi connectivity index (χ3v) is 5.45. The summed E-state index contributed by atoms with van der Waals surface area (Å²) in [6.07, 6.45) is 2.74. The summed E-state index contributed by atoms with van der Waals surface area (Å²) in [5.74, 6) is 0.231. The molecule has 0 aliphatic carbocycles. The van der Waals surface area contributed by atoms with Crippen LogP contribution in [-0.2, 0) is 17.6 Å². The summed E-state index contributed by atoms with van der Waals surface area (Å²) in [7, 11) is 0. The summed E-state index contributed by atoms with van der Waals surface area (Å²) in [5.41, 5.74) is 7.79. The van der Waals surface area contributed by atoms with Gasteiger partial charge in [-0.3, -0.25) is 9.78 Å². The molecule has 2 aromatic heterocycles. The van der Waals surface area contributed by atoms with Crippen LogP contribution in [-0.4, -0.2) is 10.8 Å². The lowest BCUT2D eigenvalue weighted by Crippen LogP contribution is -2.06. The third kappa shape index (κ3) is 4.44. The average Bonchev–Trinajstić information content (AvgIpc) is 3.24. The SMILES string of the molecule is Cc1cc(-c2ccc(CC(=O)Cc3cccc(-c4ccsc4)c3)cc2)ccn1. The third-order valence-electron chi connectivity index (χ3n) is 4.77. The van der Waals surface area contributed by atoms with Gasteiger partial charge in [0.1, 0.15) is 5.78 Å². The Bertz CT molecular complexity index is 1080. The van der Waals surface area contributed by atoms with Crippen molar-refractivity contribution in [1.82, 2.24) is 4.98 Å². The fourth-order valence-electron chi connectivity index (χ4n) is 3.35. The Hall–Kier alpha value is -3.04. The van der Waals surface area contributed by atoms with Crippen LogP contribution in [0.25, 0.3) is 22.3 Å². The largest absolute Gasteiger partial charge is 0.299 e. The number of thiophene rings is 1. The van der Waals surface area contributed by atoms with Crippen molar-refractivity contribution in [2.75, 3.05) is 0 Å². The van der Waals surface area contributed by atoms with E-state index in [2.05, 4.69) is 52.1 Å². The maximum absolute atomic E-state index is 12.6. The lowest BCUT2D eigenvalue weighted by atomic mass is 9.98. The molecule has 0 saturated carbocycles. The monoisotopic (exact) mass is 383 g/mol. The molecule has 2 nitrogen and oxygen atoms in total. The summed E-state index contributed by atoms with van der Waals surface area (Å²) in [6, 6.07) is 22.7. The maximum Gasteiger partial charge on any atom is 0.141 e. The number of ketones is 1. The zero-order valence-corrected chi connectivity index (χ0v) is 16.6. The molecule has 2 heterocycles. The van der Waals surface area contributed by atoms with Crippen molar-refractivity contribution in [2.45, 2.75) is 19.8 Å². The molecule has 0 aliphatic rings. The predicted octanol–water partition coefficient (Wildman–Crippen LogP) is 6.14. The van der Waals surface area contributed by atoms with E-state index in [0.717, 1.165) is 27.9 Å². The van der Waals surface area contributed by atoms with Gasteiger partial charge in [-0.15, -0.1) is 0 Å². The molecule has 0 unspecified atom stereocenters. The smallest absolute Gasteiger partial charge is 0.141 e. The number of nitrogens with zero attached hydrogens (tertiary/aromatic N) is 1. The Labute approximate surface area is 169 Å². The molecule has 0 aliphatic heterocycles. The summed E-state index contributed by atoms with van der Waals surface area (Å²) in [6.45, 7) is 1.99. The molecule has 0 fully saturated rings. The molecule has 28 heavy (non-hydrogen) atoms. The van der Waals surface area contributed by atoms with Crippen LogP contribution >= 0.6 is 11.3 Å².